The molecule has 1 aliphatic heterocycles. The number of halogens is 1. The molecule has 0 fully saturated rings. The summed E-state index contributed by atoms with van der Waals surface area (Å²) in [6.07, 6.45) is 0. The average Bonchev–Trinajstić information content (AvgIpc) is 2.67. The number of rotatable bonds is 4. The molecule has 0 bridgehead atoms. The van der Waals surface area contributed by atoms with Crippen molar-refractivity contribution >= 4 is 23.4 Å². The molecule has 1 heterocycles. The maximum atomic E-state index is 9.80. The van der Waals surface area contributed by atoms with Crippen LogP contribution in [0, 0.1) is 22.7 Å². The number of dihydropyridines is 1. The van der Waals surface area contributed by atoms with E-state index < -0.39 is 5.92 Å². The first-order valence-corrected chi connectivity index (χ1v) is 9.24. The van der Waals surface area contributed by atoms with Crippen LogP contribution in [0.1, 0.15) is 17.0 Å². The fraction of sp³-hybridized carbons (Fsp3) is 0.100. The summed E-state index contributed by atoms with van der Waals surface area (Å²) < 4.78 is 0. The summed E-state index contributed by atoms with van der Waals surface area (Å²) in [5.41, 5.74) is 8.67. The van der Waals surface area contributed by atoms with Crippen LogP contribution >= 0.6 is 23.4 Å². The standard InChI is InChI=1S/C20H15ClN4S/c21-17-9-5-4-8-14(17)18-15(10-22)19(24)25-20(16(18)11-23)26-12-13-6-2-1-3-7-13/h1-9,18,25H,12,24H2. The minimum absolute atomic E-state index is 0.256. The van der Waals surface area contributed by atoms with Crippen molar-refractivity contribution in [1.29, 1.82) is 10.5 Å². The van der Waals surface area contributed by atoms with Crippen molar-refractivity contribution in [1.82, 2.24) is 5.32 Å². The quantitative estimate of drug-likeness (QED) is 0.824. The molecule has 0 amide bonds. The highest BCUT2D eigenvalue weighted by Gasteiger charge is 2.32. The molecule has 0 spiro atoms. The molecule has 1 atom stereocenters. The first-order valence-electron chi connectivity index (χ1n) is 7.88. The lowest BCUT2D eigenvalue weighted by Gasteiger charge is -2.27. The van der Waals surface area contributed by atoms with Crippen molar-refractivity contribution < 1.29 is 0 Å². The van der Waals surface area contributed by atoms with Gasteiger partial charge in [-0.15, -0.1) is 11.8 Å². The van der Waals surface area contributed by atoms with Crippen LogP contribution in [-0.2, 0) is 5.75 Å². The van der Waals surface area contributed by atoms with Crippen molar-refractivity contribution in [3.05, 3.63) is 92.7 Å². The molecule has 1 unspecified atom stereocenters. The Labute approximate surface area is 161 Å². The summed E-state index contributed by atoms with van der Waals surface area (Å²) in [7, 11) is 0. The zero-order valence-corrected chi connectivity index (χ0v) is 15.3. The van der Waals surface area contributed by atoms with Crippen molar-refractivity contribution in [2.24, 2.45) is 5.73 Å². The molecule has 0 saturated heterocycles. The van der Waals surface area contributed by atoms with Crippen LogP contribution in [0.25, 0.3) is 0 Å². The third-order valence-corrected chi connectivity index (χ3v) is 5.48. The number of nitrogens with zero attached hydrogens (tertiary/aromatic N) is 2. The van der Waals surface area contributed by atoms with Crippen molar-refractivity contribution in [2.45, 2.75) is 11.7 Å². The van der Waals surface area contributed by atoms with Gasteiger partial charge in [0.15, 0.2) is 0 Å². The molecule has 6 heteroatoms. The van der Waals surface area contributed by atoms with Gasteiger partial charge in [0.2, 0.25) is 0 Å². The van der Waals surface area contributed by atoms with Crippen LogP contribution in [0.3, 0.4) is 0 Å². The summed E-state index contributed by atoms with van der Waals surface area (Å²) in [6, 6.07) is 21.5. The maximum Gasteiger partial charge on any atom is 0.116 e. The molecule has 3 rings (SSSR count). The van der Waals surface area contributed by atoms with Gasteiger partial charge in [-0.2, -0.15) is 10.5 Å². The largest absolute Gasteiger partial charge is 0.384 e. The second-order valence-corrected chi connectivity index (χ2v) is 7.04. The zero-order valence-electron chi connectivity index (χ0n) is 13.7. The molecule has 128 valence electrons. The first-order chi connectivity index (χ1) is 12.7. The van der Waals surface area contributed by atoms with Crippen molar-refractivity contribution in [3.63, 3.8) is 0 Å². The lowest BCUT2D eigenvalue weighted by molar-refractivity contribution is 0.840. The van der Waals surface area contributed by atoms with Crippen LogP contribution in [0.5, 0.6) is 0 Å². The summed E-state index contributed by atoms with van der Waals surface area (Å²) in [4.78, 5) is 0. The van der Waals surface area contributed by atoms with E-state index in [9.17, 15) is 10.5 Å². The summed E-state index contributed by atoms with van der Waals surface area (Å²) in [5.74, 6) is 0.365. The topological polar surface area (TPSA) is 85.6 Å². The number of benzene rings is 2. The van der Waals surface area contributed by atoms with E-state index in [-0.39, 0.29) is 5.82 Å². The van der Waals surface area contributed by atoms with Gasteiger partial charge < -0.3 is 11.1 Å². The highest BCUT2D eigenvalue weighted by atomic mass is 35.5. The molecular weight excluding hydrogens is 364 g/mol. The number of nitrogens with two attached hydrogens (primary N) is 1. The van der Waals surface area contributed by atoms with Gasteiger partial charge in [-0.25, -0.2) is 0 Å². The van der Waals surface area contributed by atoms with Crippen LogP contribution in [0.2, 0.25) is 5.02 Å². The number of hydrogen-bond donors (Lipinski definition) is 2. The summed E-state index contributed by atoms with van der Waals surface area (Å²) in [6.45, 7) is 0. The first kappa shape index (κ1) is 17.9. The van der Waals surface area contributed by atoms with Gasteiger partial charge in [0.05, 0.1) is 34.2 Å². The molecule has 1 aliphatic rings. The Morgan fingerprint density at radius 2 is 1.65 bits per heavy atom. The highest BCUT2D eigenvalue weighted by molar-refractivity contribution is 8.02. The molecule has 3 N–H and O–H groups in total. The third kappa shape index (κ3) is 3.55. The molecule has 4 nitrogen and oxygen atoms in total. The normalized spacial score (nSPS) is 16.7. The van der Waals surface area contributed by atoms with Crippen LogP contribution in [0.4, 0.5) is 0 Å². The van der Waals surface area contributed by atoms with E-state index in [1.54, 1.807) is 6.07 Å². The van der Waals surface area contributed by atoms with E-state index in [0.717, 1.165) is 5.56 Å². The fourth-order valence-electron chi connectivity index (χ4n) is 2.79. The van der Waals surface area contributed by atoms with Crippen LogP contribution in [0.15, 0.2) is 76.6 Å². The Balaban J connectivity index is 2.02. The third-order valence-electron chi connectivity index (χ3n) is 4.04. The number of hydrogen-bond acceptors (Lipinski definition) is 5. The van der Waals surface area contributed by atoms with Gasteiger partial charge in [-0.3, -0.25) is 0 Å². The Morgan fingerprint density at radius 1 is 1.00 bits per heavy atom. The molecule has 0 saturated carbocycles. The number of nitriles is 2. The predicted molar refractivity (Wildman–Crippen MR) is 105 cm³/mol. The van der Waals surface area contributed by atoms with Gasteiger partial charge in [0, 0.05) is 10.8 Å². The second kappa shape index (κ2) is 8.01. The molecule has 2 aromatic carbocycles. The van der Waals surface area contributed by atoms with Crippen molar-refractivity contribution in [2.75, 3.05) is 0 Å². The minimum atomic E-state index is -0.571. The number of allylic oxidation sites excluding steroid dienone is 2. The Bertz CT molecular complexity index is 967. The maximum absolute atomic E-state index is 9.80. The molecular formula is C20H15ClN4S. The lowest BCUT2D eigenvalue weighted by Crippen LogP contribution is -2.29. The van der Waals surface area contributed by atoms with E-state index in [2.05, 4.69) is 17.5 Å². The molecule has 0 aliphatic carbocycles. The van der Waals surface area contributed by atoms with E-state index in [1.807, 2.05) is 48.5 Å². The van der Waals surface area contributed by atoms with Gasteiger partial charge in [-0.1, -0.05) is 60.1 Å². The average molecular weight is 379 g/mol. The minimum Gasteiger partial charge on any atom is -0.384 e. The summed E-state index contributed by atoms with van der Waals surface area (Å²) in [5, 5.41) is 23.6. The van der Waals surface area contributed by atoms with Gasteiger partial charge in [0.25, 0.3) is 0 Å². The summed E-state index contributed by atoms with van der Waals surface area (Å²) >= 11 is 7.82. The SMILES string of the molecule is N#CC1=C(N)NC(SCc2ccccc2)=C(C#N)C1c1ccccc1Cl. The Morgan fingerprint density at radius 3 is 2.31 bits per heavy atom. The van der Waals surface area contributed by atoms with Crippen LogP contribution in [-0.4, -0.2) is 0 Å². The molecule has 0 aromatic heterocycles. The number of thioether (sulfide) groups is 1. The molecule has 0 radical (unpaired) electrons. The van der Waals surface area contributed by atoms with Gasteiger partial charge >= 0.3 is 0 Å². The zero-order chi connectivity index (χ0) is 18.5. The van der Waals surface area contributed by atoms with E-state index in [4.69, 9.17) is 17.3 Å². The Kier molecular flexibility index (Phi) is 5.53. The van der Waals surface area contributed by atoms with Gasteiger partial charge in [0.1, 0.15) is 5.82 Å². The Hall–Kier alpha value is -2.86. The predicted octanol–water partition coefficient (Wildman–Crippen LogP) is 4.39. The van der Waals surface area contributed by atoms with E-state index >= 15 is 0 Å². The lowest BCUT2D eigenvalue weighted by atomic mass is 9.84. The smallest absolute Gasteiger partial charge is 0.116 e. The fourth-order valence-corrected chi connectivity index (χ4v) is 4.04. The number of nitrogens with one attached hydrogen (secondary N) is 1. The van der Waals surface area contributed by atoms with Gasteiger partial charge in [-0.05, 0) is 17.2 Å². The molecule has 26 heavy (non-hydrogen) atoms. The van der Waals surface area contributed by atoms with E-state index in [0.29, 0.717) is 32.5 Å². The van der Waals surface area contributed by atoms with Crippen molar-refractivity contribution in [3.8, 4) is 12.1 Å². The highest BCUT2D eigenvalue weighted by Crippen LogP contribution is 2.42. The van der Waals surface area contributed by atoms with Crippen LogP contribution < -0.4 is 11.1 Å². The second-order valence-electron chi connectivity index (χ2n) is 5.65. The molecule has 2 aromatic rings. The monoisotopic (exact) mass is 378 g/mol. The van der Waals surface area contributed by atoms with E-state index in [1.165, 1.54) is 11.8 Å².